The number of amides is 1. The zero-order chi connectivity index (χ0) is 17.5. The summed E-state index contributed by atoms with van der Waals surface area (Å²) in [5.74, 6) is 0.400. The topological polar surface area (TPSA) is 66.9 Å². The van der Waals surface area contributed by atoms with Crippen LogP contribution in [0.3, 0.4) is 0 Å². The number of hydrogen-bond donors (Lipinski definition) is 2. The molecule has 1 unspecified atom stereocenters. The number of rotatable bonds is 7. The van der Waals surface area contributed by atoms with Crippen LogP contribution in [0.5, 0.6) is 0 Å². The lowest BCUT2D eigenvalue weighted by molar-refractivity contribution is 0.0949. The van der Waals surface area contributed by atoms with Crippen LogP contribution in [0, 0.1) is 0 Å². The Bertz CT molecular complexity index is 691. The van der Waals surface area contributed by atoms with Gasteiger partial charge in [0.05, 0.1) is 12.4 Å². The van der Waals surface area contributed by atoms with Crippen LogP contribution in [0.15, 0.2) is 30.6 Å². The number of nitrogens with zero attached hydrogens (tertiary/aromatic N) is 2. The summed E-state index contributed by atoms with van der Waals surface area (Å²) in [6.45, 7) is 4.60. The van der Waals surface area contributed by atoms with Crippen molar-refractivity contribution in [3.63, 3.8) is 0 Å². The van der Waals surface area contributed by atoms with Gasteiger partial charge in [-0.3, -0.25) is 4.79 Å². The second-order valence-corrected chi connectivity index (χ2v) is 6.33. The first-order chi connectivity index (χ1) is 11.5. The van der Waals surface area contributed by atoms with E-state index in [2.05, 4.69) is 34.4 Å². The van der Waals surface area contributed by atoms with E-state index in [0.29, 0.717) is 34.9 Å². The summed E-state index contributed by atoms with van der Waals surface area (Å²) in [7, 11) is 0. The molecule has 2 N–H and O–H groups in total. The lowest BCUT2D eigenvalue weighted by atomic mass is 10.1. The summed E-state index contributed by atoms with van der Waals surface area (Å²) in [5.41, 5.74) is 1.22. The van der Waals surface area contributed by atoms with Crippen molar-refractivity contribution in [2.75, 3.05) is 11.9 Å². The molecule has 1 amide bonds. The van der Waals surface area contributed by atoms with E-state index < -0.39 is 0 Å². The van der Waals surface area contributed by atoms with Crippen LogP contribution in [0.2, 0.25) is 10.0 Å². The van der Waals surface area contributed by atoms with Crippen LogP contribution in [0.25, 0.3) is 0 Å². The summed E-state index contributed by atoms with van der Waals surface area (Å²) in [6, 6.07) is 5.63. The molecule has 2 rings (SSSR count). The van der Waals surface area contributed by atoms with E-state index in [4.69, 9.17) is 23.2 Å². The monoisotopic (exact) mass is 366 g/mol. The molecule has 0 aliphatic rings. The molecule has 0 radical (unpaired) electrons. The maximum atomic E-state index is 12.1. The van der Waals surface area contributed by atoms with Gasteiger partial charge in [0.15, 0.2) is 0 Å². The highest BCUT2D eigenvalue weighted by molar-refractivity contribution is 6.35. The third-order valence-electron chi connectivity index (χ3n) is 3.59. The summed E-state index contributed by atoms with van der Waals surface area (Å²) in [6.07, 6.45) is 4.63. The molecule has 128 valence electrons. The Kier molecular flexibility index (Phi) is 6.82. The van der Waals surface area contributed by atoms with Crippen LogP contribution >= 0.6 is 23.2 Å². The van der Waals surface area contributed by atoms with Gasteiger partial charge in [0.25, 0.3) is 5.91 Å². The molecule has 5 nitrogen and oxygen atoms in total. The molecule has 0 saturated heterocycles. The third kappa shape index (κ3) is 5.35. The zero-order valence-corrected chi connectivity index (χ0v) is 15.2. The second-order valence-electron chi connectivity index (χ2n) is 5.48. The van der Waals surface area contributed by atoms with Crippen LogP contribution < -0.4 is 10.6 Å². The number of carbonyl (C=O) groups excluding carboxylic acids is 1. The molecular weight excluding hydrogens is 347 g/mol. The van der Waals surface area contributed by atoms with E-state index in [1.54, 1.807) is 18.3 Å². The van der Waals surface area contributed by atoms with Gasteiger partial charge in [-0.1, -0.05) is 36.2 Å². The first kappa shape index (κ1) is 18.5. The summed E-state index contributed by atoms with van der Waals surface area (Å²) in [5, 5.41) is 7.20. The van der Waals surface area contributed by atoms with Crippen molar-refractivity contribution in [3.05, 3.63) is 51.9 Å². The van der Waals surface area contributed by atoms with Gasteiger partial charge in [-0.2, -0.15) is 0 Å². The van der Waals surface area contributed by atoms with Gasteiger partial charge in [-0.05, 0) is 37.5 Å². The molecule has 1 aromatic heterocycles. The normalized spacial score (nSPS) is 11.8. The number of hydrogen-bond acceptors (Lipinski definition) is 4. The fourth-order valence-corrected chi connectivity index (χ4v) is 2.50. The second kappa shape index (κ2) is 8.85. The van der Waals surface area contributed by atoms with E-state index in [1.807, 2.05) is 6.07 Å². The largest absolute Gasteiger partial charge is 0.366 e. The van der Waals surface area contributed by atoms with Gasteiger partial charge in [0, 0.05) is 22.6 Å². The average molecular weight is 367 g/mol. The molecule has 0 spiro atoms. The first-order valence-corrected chi connectivity index (χ1v) is 8.56. The molecule has 1 aromatic carbocycles. The van der Waals surface area contributed by atoms with Gasteiger partial charge in [-0.25, -0.2) is 9.97 Å². The Morgan fingerprint density at radius 2 is 2.04 bits per heavy atom. The van der Waals surface area contributed by atoms with Crippen molar-refractivity contribution in [2.24, 2.45) is 0 Å². The predicted octanol–water partition coefficient (Wildman–Crippen LogP) is 3.97. The number of anilines is 1. The first-order valence-electron chi connectivity index (χ1n) is 7.80. The molecule has 1 atom stereocenters. The van der Waals surface area contributed by atoms with Crippen molar-refractivity contribution >= 4 is 34.9 Å². The number of aromatic nitrogens is 2. The summed E-state index contributed by atoms with van der Waals surface area (Å²) in [4.78, 5) is 20.4. The molecule has 2 aromatic rings. The molecular formula is C17H20Cl2N4O. The van der Waals surface area contributed by atoms with Gasteiger partial charge in [0.2, 0.25) is 0 Å². The number of benzene rings is 1. The van der Waals surface area contributed by atoms with Crippen molar-refractivity contribution in [3.8, 4) is 0 Å². The van der Waals surface area contributed by atoms with Crippen LogP contribution in [0.4, 0.5) is 5.82 Å². The Balaban J connectivity index is 1.86. The summed E-state index contributed by atoms with van der Waals surface area (Å²) >= 11 is 12.0. The van der Waals surface area contributed by atoms with Crippen molar-refractivity contribution in [2.45, 2.75) is 32.7 Å². The Labute approximate surface area is 151 Å². The standard InChI is InChI=1S/C17H20Cl2N4O/c1-3-11(2)23-16-10-21-15(9-22-16)17(24)20-7-6-12-4-5-13(18)8-14(12)19/h4-5,8-11H,3,6-7H2,1-2H3,(H,20,24)(H,22,23). The minimum Gasteiger partial charge on any atom is -0.366 e. The predicted molar refractivity (Wildman–Crippen MR) is 97.9 cm³/mol. The number of nitrogens with one attached hydrogen (secondary N) is 2. The van der Waals surface area contributed by atoms with Crippen LogP contribution in [-0.4, -0.2) is 28.5 Å². The van der Waals surface area contributed by atoms with Gasteiger partial charge >= 0.3 is 0 Å². The molecule has 0 aliphatic heterocycles. The van der Waals surface area contributed by atoms with E-state index >= 15 is 0 Å². The average Bonchev–Trinajstić information content (AvgIpc) is 2.57. The highest BCUT2D eigenvalue weighted by Gasteiger charge is 2.09. The summed E-state index contributed by atoms with van der Waals surface area (Å²) < 4.78 is 0. The minimum absolute atomic E-state index is 0.261. The van der Waals surface area contributed by atoms with E-state index in [1.165, 1.54) is 6.20 Å². The Morgan fingerprint density at radius 3 is 2.67 bits per heavy atom. The quantitative estimate of drug-likeness (QED) is 0.777. The molecule has 0 fully saturated rings. The lowest BCUT2D eigenvalue weighted by Crippen LogP contribution is -2.27. The van der Waals surface area contributed by atoms with Crippen molar-refractivity contribution in [1.82, 2.24) is 15.3 Å². The SMILES string of the molecule is CCC(C)Nc1cnc(C(=O)NCCc2ccc(Cl)cc2Cl)cn1. The highest BCUT2D eigenvalue weighted by atomic mass is 35.5. The molecule has 0 saturated carbocycles. The fraction of sp³-hybridized carbons (Fsp3) is 0.353. The maximum Gasteiger partial charge on any atom is 0.271 e. The smallest absolute Gasteiger partial charge is 0.271 e. The maximum absolute atomic E-state index is 12.1. The Morgan fingerprint density at radius 1 is 1.25 bits per heavy atom. The van der Waals surface area contributed by atoms with Crippen LogP contribution in [0.1, 0.15) is 36.3 Å². The minimum atomic E-state index is -0.261. The van der Waals surface area contributed by atoms with Crippen molar-refractivity contribution < 1.29 is 4.79 Å². The molecule has 0 bridgehead atoms. The molecule has 24 heavy (non-hydrogen) atoms. The zero-order valence-electron chi connectivity index (χ0n) is 13.6. The molecule has 1 heterocycles. The molecule has 7 heteroatoms. The van der Waals surface area contributed by atoms with E-state index in [-0.39, 0.29) is 11.6 Å². The number of carbonyl (C=O) groups is 1. The van der Waals surface area contributed by atoms with Crippen LogP contribution in [-0.2, 0) is 6.42 Å². The van der Waals surface area contributed by atoms with Gasteiger partial charge in [0.1, 0.15) is 11.5 Å². The van der Waals surface area contributed by atoms with E-state index in [9.17, 15) is 4.79 Å². The van der Waals surface area contributed by atoms with Gasteiger partial charge in [-0.15, -0.1) is 0 Å². The van der Waals surface area contributed by atoms with Gasteiger partial charge < -0.3 is 10.6 Å². The lowest BCUT2D eigenvalue weighted by Gasteiger charge is -2.11. The fourth-order valence-electron chi connectivity index (χ4n) is 2.00. The molecule has 0 aliphatic carbocycles. The van der Waals surface area contributed by atoms with Crippen molar-refractivity contribution in [1.29, 1.82) is 0 Å². The third-order valence-corrected chi connectivity index (χ3v) is 4.17. The highest BCUT2D eigenvalue weighted by Crippen LogP contribution is 2.21. The Hall–Kier alpha value is -1.85. The van der Waals surface area contributed by atoms with E-state index in [0.717, 1.165) is 12.0 Å². The number of halogens is 2.